The predicted molar refractivity (Wildman–Crippen MR) is 78.8 cm³/mol. The number of hydrogen-bond donors (Lipinski definition) is 0. The molecular weight excluding hydrogens is 280 g/mol. The number of rotatable bonds is 4. The summed E-state index contributed by atoms with van der Waals surface area (Å²) in [6.07, 6.45) is 2.27. The van der Waals surface area contributed by atoms with Crippen molar-refractivity contribution in [2.45, 2.75) is 37.5 Å². The summed E-state index contributed by atoms with van der Waals surface area (Å²) in [5.74, 6) is -0.205. The number of esters is 1. The second kappa shape index (κ2) is 5.88. The number of methoxy groups -OCH3 is 1. The highest BCUT2D eigenvalue weighted by molar-refractivity contribution is 8.00. The Hall–Kier alpha value is -1.14. The summed E-state index contributed by atoms with van der Waals surface area (Å²) in [7, 11) is 1.42. The van der Waals surface area contributed by atoms with Crippen LogP contribution in [0, 0.1) is 13.8 Å². The van der Waals surface area contributed by atoms with Crippen molar-refractivity contribution in [2.24, 2.45) is 0 Å². The number of carbonyl (C=O) groups excluding carboxylic acids is 1. The Bertz CT molecular complexity index is 610. The van der Waals surface area contributed by atoms with E-state index >= 15 is 0 Å². The minimum atomic E-state index is -0.220. The van der Waals surface area contributed by atoms with E-state index in [0.29, 0.717) is 6.42 Å². The zero-order chi connectivity index (χ0) is 14.0. The maximum absolute atomic E-state index is 11.7. The van der Waals surface area contributed by atoms with Crippen molar-refractivity contribution in [3.8, 4) is 0 Å². The molecule has 0 saturated heterocycles. The molecule has 0 saturated carbocycles. The average molecular weight is 296 g/mol. The topological polar surface area (TPSA) is 52.1 Å². The fourth-order valence-corrected chi connectivity index (χ4v) is 3.97. The van der Waals surface area contributed by atoms with Gasteiger partial charge in [0.05, 0.1) is 7.11 Å². The molecule has 0 aliphatic heterocycles. The molecule has 1 atom stereocenters. The largest absolute Gasteiger partial charge is 0.468 e. The van der Waals surface area contributed by atoms with E-state index in [1.165, 1.54) is 29.3 Å². The van der Waals surface area contributed by atoms with Gasteiger partial charge in [-0.1, -0.05) is 18.7 Å². The lowest BCUT2D eigenvalue weighted by Gasteiger charge is -2.11. The Kier molecular flexibility index (Phi) is 4.42. The summed E-state index contributed by atoms with van der Waals surface area (Å²) in [5.41, 5.74) is 1.20. The molecule has 102 valence electrons. The second-order valence-electron chi connectivity index (χ2n) is 4.18. The van der Waals surface area contributed by atoms with Gasteiger partial charge in [-0.3, -0.25) is 4.79 Å². The summed E-state index contributed by atoms with van der Waals surface area (Å²) in [5, 5.41) is 1.71. The number of aryl methyl sites for hydroxylation is 2. The van der Waals surface area contributed by atoms with Crippen LogP contribution < -0.4 is 0 Å². The van der Waals surface area contributed by atoms with Crippen molar-refractivity contribution in [1.82, 2.24) is 9.97 Å². The fraction of sp³-hybridized carbons (Fsp3) is 0.462. The predicted octanol–water partition coefficient (Wildman–Crippen LogP) is 3.35. The van der Waals surface area contributed by atoms with Crippen LogP contribution in [0.25, 0.3) is 10.2 Å². The van der Waals surface area contributed by atoms with Gasteiger partial charge in [0, 0.05) is 10.3 Å². The van der Waals surface area contributed by atoms with Gasteiger partial charge in [-0.05, 0) is 25.8 Å². The van der Waals surface area contributed by atoms with Crippen LogP contribution >= 0.6 is 23.1 Å². The maximum Gasteiger partial charge on any atom is 0.319 e. The molecule has 19 heavy (non-hydrogen) atoms. The highest BCUT2D eigenvalue weighted by Crippen LogP contribution is 2.36. The van der Waals surface area contributed by atoms with Gasteiger partial charge in [-0.2, -0.15) is 0 Å². The quantitative estimate of drug-likeness (QED) is 0.492. The van der Waals surface area contributed by atoms with Crippen LogP contribution in [-0.2, 0) is 9.53 Å². The SMILES string of the molecule is CC[C@@H](Sc1ncnc2sc(C)c(C)c12)C(=O)OC. The van der Waals surface area contributed by atoms with Gasteiger partial charge in [-0.15, -0.1) is 11.3 Å². The summed E-state index contributed by atoms with van der Waals surface area (Å²) < 4.78 is 4.82. The van der Waals surface area contributed by atoms with E-state index in [-0.39, 0.29) is 11.2 Å². The van der Waals surface area contributed by atoms with Crippen LogP contribution in [-0.4, -0.2) is 28.3 Å². The molecular formula is C13H16N2O2S2. The lowest BCUT2D eigenvalue weighted by atomic mass is 10.2. The number of carbonyl (C=O) groups is 1. The van der Waals surface area contributed by atoms with Crippen molar-refractivity contribution < 1.29 is 9.53 Å². The highest BCUT2D eigenvalue weighted by atomic mass is 32.2. The molecule has 0 aromatic carbocycles. The molecule has 0 amide bonds. The first-order valence-electron chi connectivity index (χ1n) is 6.03. The van der Waals surface area contributed by atoms with Gasteiger partial charge in [-0.25, -0.2) is 9.97 Å². The normalized spacial score (nSPS) is 12.6. The number of nitrogens with zero attached hydrogens (tertiary/aromatic N) is 2. The van der Waals surface area contributed by atoms with Crippen molar-refractivity contribution >= 4 is 39.3 Å². The molecule has 4 nitrogen and oxygen atoms in total. The maximum atomic E-state index is 11.7. The first kappa shape index (κ1) is 14.3. The smallest absolute Gasteiger partial charge is 0.319 e. The Morgan fingerprint density at radius 2 is 2.21 bits per heavy atom. The van der Waals surface area contributed by atoms with E-state index in [1.54, 1.807) is 17.7 Å². The van der Waals surface area contributed by atoms with E-state index < -0.39 is 0 Å². The summed E-state index contributed by atoms with van der Waals surface area (Å²) in [4.78, 5) is 22.5. The number of aromatic nitrogens is 2. The van der Waals surface area contributed by atoms with E-state index in [4.69, 9.17) is 4.74 Å². The first-order chi connectivity index (χ1) is 9.08. The van der Waals surface area contributed by atoms with Crippen molar-refractivity contribution in [3.63, 3.8) is 0 Å². The van der Waals surface area contributed by atoms with E-state index in [1.807, 2.05) is 6.92 Å². The molecule has 0 aliphatic carbocycles. The Morgan fingerprint density at radius 3 is 2.84 bits per heavy atom. The van der Waals surface area contributed by atoms with Crippen LogP contribution in [0.1, 0.15) is 23.8 Å². The third-order valence-corrected chi connectivity index (χ3v) is 5.48. The number of thioether (sulfide) groups is 1. The van der Waals surface area contributed by atoms with E-state index in [0.717, 1.165) is 15.2 Å². The van der Waals surface area contributed by atoms with Crippen molar-refractivity contribution in [1.29, 1.82) is 0 Å². The number of hydrogen-bond acceptors (Lipinski definition) is 6. The van der Waals surface area contributed by atoms with E-state index in [2.05, 4.69) is 23.8 Å². The Balaban J connectivity index is 2.42. The summed E-state index contributed by atoms with van der Waals surface area (Å²) in [6.45, 7) is 6.12. The molecule has 0 N–H and O–H groups in total. The zero-order valence-electron chi connectivity index (χ0n) is 11.4. The molecule has 6 heteroatoms. The van der Waals surface area contributed by atoms with Crippen LogP contribution in [0.15, 0.2) is 11.4 Å². The molecule has 2 aromatic rings. The molecule has 0 spiro atoms. The first-order valence-corrected chi connectivity index (χ1v) is 7.73. The number of thiophene rings is 1. The third kappa shape index (κ3) is 2.74. The van der Waals surface area contributed by atoms with Crippen LogP contribution in [0.5, 0.6) is 0 Å². The molecule has 2 heterocycles. The lowest BCUT2D eigenvalue weighted by molar-refractivity contribution is -0.140. The van der Waals surface area contributed by atoms with Crippen molar-refractivity contribution in [2.75, 3.05) is 7.11 Å². The van der Waals surface area contributed by atoms with Crippen LogP contribution in [0.2, 0.25) is 0 Å². The van der Waals surface area contributed by atoms with E-state index in [9.17, 15) is 4.79 Å². The van der Waals surface area contributed by atoms with Gasteiger partial charge in [0.2, 0.25) is 0 Å². The standard InChI is InChI=1S/C13H16N2O2S2/c1-5-9(13(16)17-4)19-12-10-7(2)8(3)18-11(10)14-6-15-12/h6,9H,5H2,1-4H3/t9-/m1/s1. The number of fused-ring (bicyclic) bond motifs is 1. The van der Waals surface area contributed by atoms with Gasteiger partial charge < -0.3 is 4.74 Å². The molecule has 2 rings (SSSR count). The van der Waals surface area contributed by atoms with Crippen LogP contribution in [0.4, 0.5) is 0 Å². The molecule has 0 unspecified atom stereocenters. The Morgan fingerprint density at radius 1 is 1.47 bits per heavy atom. The van der Waals surface area contributed by atoms with Gasteiger partial charge in [0.15, 0.2) is 0 Å². The average Bonchev–Trinajstić information content (AvgIpc) is 2.71. The summed E-state index contributed by atoms with van der Waals surface area (Å²) >= 11 is 3.12. The van der Waals surface area contributed by atoms with Gasteiger partial charge >= 0.3 is 5.97 Å². The number of ether oxygens (including phenoxy) is 1. The van der Waals surface area contributed by atoms with Gasteiger partial charge in [0.25, 0.3) is 0 Å². The minimum Gasteiger partial charge on any atom is -0.468 e. The third-order valence-electron chi connectivity index (χ3n) is 3.02. The van der Waals surface area contributed by atoms with Crippen LogP contribution in [0.3, 0.4) is 0 Å². The molecule has 0 radical (unpaired) electrons. The fourth-order valence-electron chi connectivity index (χ4n) is 1.80. The zero-order valence-corrected chi connectivity index (χ0v) is 13.0. The molecule has 2 aromatic heterocycles. The molecule has 0 aliphatic rings. The van der Waals surface area contributed by atoms with Crippen molar-refractivity contribution in [3.05, 3.63) is 16.8 Å². The Labute approximate surface area is 120 Å². The second-order valence-corrected chi connectivity index (χ2v) is 6.57. The summed E-state index contributed by atoms with van der Waals surface area (Å²) in [6, 6.07) is 0. The minimum absolute atomic E-state index is 0.205. The lowest BCUT2D eigenvalue weighted by Crippen LogP contribution is -2.17. The highest BCUT2D eigenvalue weighted by Gasteiger charge is 2.22. The monoisotopic (exact) mass is 296 g/mol. The molecule has 0 bridgehead atoms. The molecule has 0 fully saturated rings. The van der Waals surface area contributed by atoms with Gasteiger partial charge in [0.1, 0.15) is 21.4 Å².